The van der Waals surface area contributed by atoms with Gasteiger partial charge in [0.25, 0.3) is 0 Å². The largest absolute Gasteiger partial charge is 0.489 e. The van der Waals surface area contributed by atoms with Crippen molar-refractivity contribution >= 4 is 16.5 Å². The van der Waals surface area contributed by atoms with Gasteiger partial charge in [-0.1, -0.05) is 17.7 Å². The number of fused-ring (bicyclic) bond motifs is 1. The maximum atomic E-state index is 13.4. The zero-order chi connectivity index (χ0) is 15.0. The van der Waals surface area contributed by atoms with E-state index in [9.17, 15) is 8.60 Å². The summed E-state index contributed by atoms with van der Waals surface area (Å²) in [5, 5.41) is 0. The van der Waals surface area contributed by atoms with Crippen LogP contribution in [0.25, 0.3) is 0 Å². The molecule has 2 aromatic rings. The lowest BCUT2D eigenvalue weighted by Crippen LogP contribution is -2.21. The molecule has 110 valence electrons. The SMILES string of the molecule is Cc1ccc2c(c1)CC(CS(=O)c1ccc(N)c(F)c1)O2. The van der Waals surface area contributed by atoms with Gasteiger partial charge in [0.05, 0.1) is 22.2 Å². The highest BCUT2D eigenvalue weighted by atomic mass is 32.2. The van der Waals surface area contributed by atoms with Crippen molar-refractivity contribution in [3.8, 4) is 5.75 Å². The van der Waals surface area contributed by atoms with Crippen LogP contribution in [0, 0.1) is 12.7 Å². The summed E-state index contributed by atoms with van der Waals surface area (Å²) in [6, 6.07) is 10.3. The van der Waals surface area contributed by atoms with Crippen molar-refractivity contribution in [3.63, 3.8) is 0 Å². The normalized spacial score (nSPS) is 18.1. The molecule has 0 bridgehead atoms. The molecule has 0 radical (unpaired) electrons. The third-order valence-electron chi connectivity index (χ3n) is 3.53. The van der Waals surface area contributed by atoms with Crippen molar-refractivity contribution < 1.29 is 13.3 Å². The molecule has 5 heteroatoms. The number of nitrogens with two attached hydrogens (primary N) is 1. The fourth-order valence-corrected chi connectivity index (χ4v) is 3.63. The van der Waals surface area contributed by atoms with Crippen LogP contribution in [0.1, 0.15) is 11.1 Å². The molecule has 3 rings (SSSR count). The fourth-order valence-electron chi connectivity index (χ4n) is 2.46. The molecule has 1 heterocycles. The summed E-state index contributed by atoms with van der Waals surface area (Å²) in [7, 11) is -1.31. The van der Waals surface area contributed by atoms with E-state index in [4.69, 9.17) is 10.5 Å². The molecule has 2 aromatic carbocycles. The number of halogens is 1. The number of rotatable bonds is 3. The Morgan fingerprint density at radius 1 is 1.33 bits per heavy atom. The first-order valence-corrected chi connectivity index (χ1v) is 8.04. The first-order valence-electron chi connectivity index (χ1n) is 6.72. The average Bonchev–Trinajstić information content (AvgIpc) is 2.83. The van der Waals surface area contributed by atoms with E-state index in [-0.39, 0.29) is 11.8 Å². The van der Waals surface area contributed by atoms with E-state index in [2.05, 4.69) is 6.07 Å². The number of anilines is 1. The zero-order valence-electron chi connectivity index (χ0n) is 11.6. The van der Waals surface area contributed by atoms with Gasteiger partial charge in [0.15, 0.2) is 0 Å². The van der Waals surface area contributed by atoms with Crippen LogP contribution in [-0.2, 0) is 17.2 Å². The number of benzene rings is 2. The molecular weight excluding hydrogens is 289 g/mol. The third-order valence-corrected chi connectivity index (χ3v) is 4.98. The van der Waals surface area contributed by atoms with Gasteiger partial charge in [-0.2, -0.15) is 0 Å². The van der Waals surface area contributed by atoms with E-state index in [0.717, 1.165) is 17.7 Å². The van der Waals surface area contributed by atoms with Crippen LogP contribution >= 0.6 is 0 Å². The Morgan fingerprint density at radius 3 is 2.90 bits per heavy atom. The molecule has 0 saturated heterocycles. The van der Waals surface area contributed by atoms with Crippen molar-refractivity contribution in [3.05, 3.63) is 53.3 Å². The maximum absolute atomic E-state index is 13.4. The first-order chi connectivity index (χ1) is 10.0. The topological polar surface area (TPSA) is 52.3 Å². The van der Waals surface area contributed by atoms with Crippen molar-refractivity contribution in [1.82, 2.24) is 0 Å². The van der Waals surface area contributed by atoms with Crippen LogP contribution in [0.2, 0.25) is 0 Å². The Balaban J connectivity index is 1.71. The quantitative estimate of drug-likeness (QED) is 0.887. The Kier molecular flexibility index (Phi) is 3.68. The lowest BCUT2D eigenvalue weighted by atomic mass is 10.1. The lowest BCUT2D eigenvalue weighted by molar-refractivity contribution is 0.258. The Hall–Kier alpha value is -1.88. The molecule has 0 aromatic heterocycles. The number of hydrogen-bond donors (Lipinski definition) is 1. The van der Waals surface area contributed by atoms with Gasteiger partial charge < -0.3 is 10.5 Å². The summed E-state index contributed by atoms with van der Waals surface area (Å²) in [4.78, 5) is 0.442. The highest BCUT2D eigenvalue weighted by Crippen LogP contribution is 2.30. The number of nitrogen functional groups attached to an aromatic ring is 1. The molecule has 0 saturated carbocycles. The minimum atomic E-state index is -1.31. The Labute approximate surface area is 125 Å². The number of ether oxygens (including phenoxy) is 1. The molecule has 0 spiro atoms. The van der Waals surface area contributed by atoms with Gasteiger partial charge in [-0.05, 0) is 36.8 Å². The van der Waals surface area contributed by atoms with E-state index in [1.54, 1.807) is 6.07 Å². The van der Waals surface area contributed by atoms with Gasteiger partial charge in [0, 0.05) is 11.3 Å². The second-order valence-electron chi connectivity index (χ2n) is 5.25. The van der Waals surface area contributed by atoms with Gasteiger partial charge >= 0.3 is 0 Å². The monoisotopic (exact) mass is 305 g/mol. The van der Waals surface area contributed by atoms with Crippen LogP contribution < -0.4 is 10.5 Å². The predicted molar refractivity (Wildman–Crippen MR) is 81.4 cm³/mol. The van der Waals surface area contributed by atoms with E-state index in [1.807, 2.05) is 19.1 Å². The summed E-state index contributed by atoms with van der Waals surface area (Å²) >= 11 is 0. The molecule has 1 aliphatic heterocycles. The van der Waals surface area contributed by atoms with Crippen LogP contribution in [0.5, 0.6) is 5.75 Å². The van der Waals surface area contributed by atoms with Gasteiger partial charge in [-0.25, -0.2) is 4.39 Å². The highest BCUT2D eigenvalue weighted by molar-refractivity contribution is 7.85. The van der Waals surface area contributed by atoms with Crippen molar-refractivity contribution in [2.75, 3.05) is 11.5 Å². The predicted octanol–water partition coefficient (Wildman–Crippen LogP) is 2.83. The van der Waals surface area contributed by atoms with Crippen molar-refractivity contribution in [2.24, 2.45) is 0 Å². The molecule has 3 nitrogen and oxygen atoms in total. The standard InChI is InChI=1S/C16H16FNO2S/c1-10-2-5-16-11(6-10)7-12(20-16)9-21(19)13-3-4-15(18)14(17)8-13/h2-6,8,12H,7,9,18H2,1H3. The molecule has 0 amide bonds. The van der Waals surface area contributed by atoms with Crippen LogP contribution in [0.3, 0.4) is 0 Å². The summed E-state index contributed by atoms with van der Waals surface area (Å²) < 4.78 is 31.5. The minimum Gasteiger partial charge on any atom is -0.489 e. The molecule has 1 aliphatic rings. The molecule has 0 fully saturated rings. The lowest BCUT2D eigenvalue weighted by Gasteiger charge is -2.10. The van der Waals surface area contributed by atoms with Gasteiger partial charge in [0.1, 0.15) is 17.7 Å². The van der Waals surface area contributed by atoms with E-state index < -0.39 is 16.6 Å². The molecule has 2 unspecified atom stereocenters. The second kappa shape index (κ2) is 5.48. The maximum Gasteiger partial charge on any atom is 0.147 e. The third kappa shape index (κ3) is 2.93. The Bertz CT molecular complexity index is 717. The van der Waals surface area contributed by atoms with Crippen LogP contribution in [-0.4, -0.2) is 16.1 Å². The molecular formula is C16H16FNO2S. The summed E-state index contributed by atoms with van der Waals surface area (Å²) in [6.07, 6.45) is 0.600. The Morgan fingerprint density at radius 2 is 2.14 bits per heavy atom. The minimum absolute atomic E-state index is 0.0655. The molecule has 2 N–H and O–H groups in total. The van der Waals surface area contributed by atoms with E-state index in [1.165, 1.54) is 17.7 Å². The highest BCUT2D eigenvalue weighted by Gasteiger charge is 2.25. The van der Waals surface area contributed by atoms with Crippen molar-refractivity contribution in [1.29, 1.82) is 0 Å². The van der Waals surface area contributed by atoms with E-state index >= 15 is 0 Å². The van der Waals surface area contributed by atoms with Crippen LogP contribution in [0.4, 0.5) is 10.1 Å². The molecule has 21 heavy (non-hydrogen) atoms. The van der Waals surface area contributed by atoms with Gasteiger partial charge in [-0.15, -0.1) is 0 Å². The first kappa shape index (κ1) is 14.1. The molecule has 0 aliphatic carbocycles. The average molecular weight is 305 g/mol. The van der Waals surface area contributed by atoms with Gasteiger partial charge in [-0.3, -0.25) is 4.21 Å². The summed E-state index contributed by atoms with van der Waals surface area (Å²) in [5.41, 5.74) is 7.81. The smallest absolute Gasteiger partial charge is 0.147 e. The second-order valence-corrected chi connectivity index (χ2v) is 6.75. The van der Waals surface area contributed by atoms with Crippen molar-refractivity contribution in [2.45, 2.75) is 24.3 Å². The number of hydrogen-bond acceptors (Lipinski definition) is 3. The fraction of sp³-hybridized carbons (Fsp3) is 0.250. The van der Waals surface area contributed by atoms with Crippen LogP contribution in [0.15, 0.2) is 41.3 Å². The van der Waals surface area contributed by atoms with E-state index in [0.29, 0.717) is 10.6 Å². The zero-order valence-corrected chi connectivity index (χ0v) is 12.5. The number of aryl methyl sites for hydroxylation is 1. The summed E-state index contributed by atoms with van der Waals surface area (Å²) in [5.74, 6) is 0.662. The van der Waals surface area contributed by atoms with Gasteiger partial charge in [0.2, 0.25) is 0 Å². The molecule has 2 atom stereocenters. The summed E-state index contributed by atoms with van der Waals surface area (Å²) in [6.45, 7) is 2.03.